The summed E-state index contributed by atoms with van der Waals surface area (Å²) >= 11 is 0. The van der Waals surface area contributed by atoms with Crippen molar-refractivity contribution in [2.24, 2.45) is 11.8 Å². The third-order valence-corrected chi connectivity index (χ3v) is 7.45. The van der Waals surface area contributed by atoms with Crippen LogP contribution in [0.1, 0.15) is 93.9 Å². The van der Waals surface area contributed by atoms with Crippen LogP contribution in [0.4, 0.5) is 0 Å². The molecule has 2 unspecified atom stereocenters. The maximum Gasteiger partial charge on any atom is 0.310 e. The fourth-order valence-corrected chi connectivity index (χ4v) is 5.37. The van der Waals surface area contributed by atoms with E-state index >= 15 is 0 Å². The number of esters is 2. The van der Waals surface area contributed by atoms with E-state index in [0.717, 1.165) is 25.7 Å². The molecule has 0 spiro atoms. The molecule has 0 bridgehead atoms. The van der Waals surface area contributed by atoms with Gasteiger partial charge in [0.15, 0.2) is 0 Å². The molecule has 2 atom stereocenters. The van der Waals surface area contributed by atoms with Crippen LogP contribution >= 0.6 is 0 Å². The summed E-state index contributed by atoms with van der Waals surface area (Å²) in [6.07, 6.45) is 4.38. The molecule has 8 heteroatoms. The zero-order valence-corrected chi connectivity index (χ0v) is 21.2. The second-order valence-electron chi connectivity index (χ2n) is 11.8. The molecule has 2 N–H and O–H groups in total. The van der Waals surface area contributed by atoms with Gasteiger partial charge in [-0.25, -0.2) is 0 Å². The topological polar surface area (TPSA) is 99.5 Å². The molecule has 0 radical (unpaired) electrons. The van der Waals surface area contributed by atoms with Gasteiger partial charge in [-0.2, -0.15) is 10.1 Å². The van der Waals surface area contributed by atoms with Crippen LogP contribution in [0.15, 0.2) is 0 Å². The number of carbonyl (C=O) groups is 2. The molecule has 0 amide bonds. The Morgan fingerprint density at radius 3 is 1.25 bits per heavy atom. The first-order valence-electron chi connectivity index (χ1n) is 11.9. The Morgan fingerprint density at radius 1 is 0.688 bits per heavy atom. The molecule has 0 saturated carbocycles. The van der Waals surface area contributed by atoms with Crippen molar-refractivity contribution in [3.63, 3.8) is 0 Å². The van der Waals surface area contributed by atoms with E-state index in [4.69, 9.17) is 9.47 Å². The third-order valence-electron chi connectivity index (χ3n) is 7.45. The lowest BCUT2D eigenvalue weighted by Gasteiger charge is -2.35. The molecule has 0 aromatic carbocycles. The van der Waals surface area contributed by atoms with E-state index in [1.54, 1.807) is 0 Å². The minimum Gasteiger partial charge on any atom is -0.465 e. The summed E-state index contributed by atoms with van der Waals surface area (Å²) in [6.45, 7) is 15.8. The number of nitrogens with zero attached hydrogens (tertiary/aromatic N) is 2. The molecule has 0 aliphatic carbocycles. The van der Waals surface area contributed by atoms with Crippen LogP contribution < -0.4 is 0 Å². The second-order valence-corrected chi connectivity index (χ2v) is 11.8. The first-order chi connectivity index (χ1) is 14.5. The number of rotatable bonds is 9. The SMILES string of the molecule is CC1(C)CC(C(=O)OCCCCCCOC(=O)C2CC(C)(C)N(O)C2(C)C)C(C)(C)N1O. The monoisotopic (exact) mass is 456 g/mol. The first kappa shape index (κ1) is 27.0. The summed E-state index contributed by atoms with van der Waals surface area (Å²) in [7, 11) is 0. The fourth-order valence-electron chi connectivity index (χ4n) is 5.37. The number of unbranched alkanes of at least 4 members (excludes halogenated alkanes) is 3. The predicted molar refractivity (Wildman–Crippen MR) is 120 cm³/mol. The highest BCUT2D eigenvalue weighted by molar-refractivity contribution is 5.75. The molecule has 2 aliphatic rings. The molecule has 2 rings (SSSR count). The average Bonchev–Trinajstić information content (AvgIpc) is 2.96. The quantitative estimate of drug-likeness (QED) is 0.394. The van der Waals surface area contributed by atoms with Crippen LogP contribution in [-0.4, -0.2) is 67.8 Å². The van der Waals surface area contributed by atoms with Gasteiger partial charge in [0.2, 0.25) is 0 Å². The van der Waals surface area contributed by atoms with Crippen molar-refractivity contribution >= 4 is 11.9 Å². The summed E-state index contributed by atoms with van der Waals surface area (Å²) < 4.78 is 11.0. The Morgan fingerprint density at radius 2 is 1.00 bits per heavy atom. The number of hydrogen-bond acceptors (Lipinski definition) is 8. The van der Waals surface area contributed by atoms with E-state index in [2.05, 4.69) is 0 Å². The van der Waals surface area contributed by atoms with Gasteiger partial charge in [0.1, 0.15) is 0 Å². The van der Waals surface area contributed by atoms with Crippen LogP contribution in [0.3, 0.4) is 0 Å². The van der Waals surface area contributed by atoms with Crippen LogP contribution in [0.25, 0.3) is 0 Å². The zero-order valence-electron chi connectivity index (χ0n) is 21.2. The average molecular weight is 457 g/mol. The van der Waals surface area contributed by atoms with Crippen LogP contribution in [0.5, 0.6) is 0 Å². The third kappa shape index (κ3) is 5.46. The lowest BCUT2D eigenvalue weighted by molar-refractivity contribution is -0.200. The normalized spacial score (nSPS) is 28.6. The Hall–Kier alpha value is -1.22. The van der Waals surface area contributed by atoms with E-state index in [0.29, 0.717) is 26.1 Å². The number of hydroxylamine groups is 4. The molecule has 186 valence electrons. The fraction of sp³-hybridized carbons (Fsp3) is 0.917. The van der Waals surface area contributed by atoms with Crippen molar-refractivity contribution in [1.82, 2.24) is 10.1 Å². The molecule has 0 aromatic heterocycles. The lowest BCUT2D eigenvalue weighted by Crippen LogP contribution is -2.48. The van der Waals surface area contributed by atoms with Gasteiger partial charge in [-0.3, -0.25) is 9.59 Å². The smallest absolute Gasteiger partial charge is 0.310 e. The molecule has 2 fully saturated rings. The van der Waals surface area contributed by atoms with Gasteiger partial charge < -0.3 is 19.9 Å². The van der Waals surface area contributed by atoms with E-state index in [1.807, 2.05) is 55.4 Å². The second kappa shape index (κ2) is 9.57. The summed E-state index contributed by atoms with van der Waals surface area (Å²) in [6, 6.07) is 0. The van der Waals surface area contributed by atoms with E-state index in [9.17, 15) is 20.0 Å². The van der Waals surface area contributed by atoms with Crippen molar-refractivity contribution in [3.8, 4) is 0 Å². The number of hydrogen-bond donors (Lipinski definition) is 2. The van der Waals surface area contributed by atoms with Gasteiger partial charge in [0, 0.05) is 11.1 Å². The number of ether oxygens (including phenoxy) is 2. The molecule has 32 heavy (non-hydrogen) atoms. The molecule has 2 saturated heterocycles. The van der Waals surface area contributed by atoms with Gasteiger partial charge in [-0.15, -0.1) is 0 Å². The molecular formula is C24H44N2O6. The molecular weight excluding hydrogens is 412 g/mol. The van der Waals surface area contributed by atoms with E-state index in [1.165, 1.54) is 10.1 Å². The number of carbonyl (C=O) groups excluding carboxylic acids is 2. The van der Waals surface area contributed by atoms with Gasteiger partial charge in [0.25, 0.3) is 0 Å². The van der Waals surface area contributed by atoms with Crippen molar-refractivity contribution in [2.75, 3.05) is 13.2 Å². The van der Waals surface area contributed by atoms with Crippen molar-refractivity contribution in [3.05, 3.63) is 0 Å². The minimum absolute atomic E-state index is 0.256. The maximum atomic E-state index is 12.5. The molecule has 8 nitrogen and oxygen atoms in total. The lowest BCUT2D eigenvalue weighted by atomic mass is 9.87. The van der Waals surface area contributed by atoms with Crippen LogP contribution in [0.2, 0.25) is 0 Å². The summed E-state index contributed by atoms with van der Waals surface area (Å²) in [4.78, 5) is 25.0. The Kier molecular flexibility index (Phi) is 8.08. The molecule has 0 aromatic rings. The van der Waals surface area contributed by atoms with Crippen molar-refractivity contribution < 1.29 is 29.5 Å². The van der Waals surface area contributed by atoms with Gasteiger partial charge in [-0.1, -0.05) is 0 Å². The highest BCUT2D eigenvalue weighted by Crippen LogP contribution is 2.45. The van der Waals surface area contributed by atoms with E-state index in [-0.39, 0.29) is 23.8 Å². The maximum absolute atomic E-state index is 12.5. The first-order valence-corrected chi connectivity index (χ1v) is 11.9. The Balaban J connectivity index is 1.61. The largest absolute Gasteiger partial charge is 0.465 e. The van der Waals surface area contributed by atoms with Gasteiger partial charge >= 0.3 is 11.9 Å². The highest BCUT2D eigenvalue weighted by Gasteiger charge is 2.55. The summed E-state index contributed by atoms with van der Waals surface area (Å²) in [5.41, 5.74) is -2.21. The molecule has 2 aliphatic heterocycles. The predicted octanol–water partition coefficient (Wildman–Crippen LogP) is 4.17. The molecule has 2 heterocycles. The summed E-state index contributed by atoms with van der Waals surface area (Å²) in [5, 5.41) is 23.2. The highest BCUT2D eigenvalue weighted by atomic mass is 16.5. The van der Waals surface area contributed by atoms with Gasteiger partial charge in [-0.05, 0) is 93.9 Å². The van der Waals surface area contributed by atoms with Crippen molar-refractivity contribution in [2.45, 2.75) is 116 Å². The van der Waals surface area contributed by atoms with Crippen molar-refractivity contribution in [1.29, 1.82) is 0 Å². The van der Waals surface area contributed by atoms with E-state index < -0.39 is 22.2 Å². The van der Waals surface area contributed by atoms with Gasteiger partial charge in [0.05, 0.1) is 36.1 Å². The Bertz CT molecular complexity index is 630. The zero-order chi connectivity index (χ0) is 24.5. The summed E-state index contributed by atoms with van der Waals surface area (Å²) in [5.74, 6) is -1.23. The minimum atomic E-state index is -0.652. The Labute approximate surface area is 193 Å². The van der Waals surface area contributed by atoms with Crippen LogP contribution in [0, 0.1) is 11.8 Å². The van der Waals surface area contributed by atoms with Crippen LogP contribution in [-0.2, 0) is 19.1 Å². The standard InChI is InChI=1S/C24H44N2O6/c1-21(2)15-17(23(5,6)25(21)29)19(27)31-13-11-9-10-12-14-32-20(28)18-16-22(3,4)26(30)24(18,7)8/h17-18,29-30H,9-16H2,1-8H3.